The predicted octanol–water partition coefficient (Wildman–Crippen LogP) is 12.5. The highest BCUT2D eigenvalue weighted by Gasteiger charge is 2.24. The quantitative estimate of drug-likeness (QED) is 0.141. The van der Waals surface area contributed by atoms with Crippen molar-refractivity contribution in [1.29, 1.82) is 0 Å². The number of hydrogen-bond acceptors (Lipinski definition) is 3. The van der Waals surface area contributed by atoms with E-state index in [0.29, 0.717) is 5.89 Å². The zero-order valence-corrected chi connectivity index (χ0v) is 26.5. The van der Waals surface area contributed by atoms with E-state index in [1.807, 2.05) is 36.4 Å². The Bertz CT molecular complexity index is 2830. The molecule has 49 heavy (non-hydrogen) atoms. The molecule has 1 unspecified atom stereocenters. The fourth-order valence-corrected chi connectivity index (χ4v) is 7.50. The molecular weight excluding hydrogens is 599 g/mol. The second-order valence-corrected chi connectivity index (χ2v) is 12.7. The van der Waals surface area contributed by atoms with E-state index in [9.17, 15) is 0 Å². The molecule has 10 rings (SSSR count). The molecule has 0 aliphatic carbocycles. The monoisotopic (exact) mass is 627 g/mol. The number of nitrogens with zero attached hydrogens (tertiary/aromatic N) is 1. The van der Waals surface area contributed by atoms with Crippen LogP contribution in [0.4, 0.5) is 0 Å². The minimum absolute atomic E-state index is 0.0959. The number of fused-ring (bicyclic) bond motifs is 8. The average molecular weight is 628 g/mol. The summed E-state index contributed by atoms with van der Waals surface area (Å²) in [5, 5.41) is 6.74. The molecule has 0 bridgehead atoms. The van der Waals surface area contributed by atoms with Crippen LogP contribution in [-0.2, 0) is 0 Å². The van der Waals surface area contributed by atoms with E-state index < -0.39 is 0 Å². The van der Waals surface area contributed by atoms with Gasteiger partial charge >= 0.3 is 0 Å². The number of benzene rings is 8. The van der Waals surface area contributed by atoms with Crippen LogP contribution in [0.2, 0.25) is 0 Å². The average Bonchev–Trinajstić information content (AvgIpc) is 3.78. The molecule has 3 nitrogen and oxygen atoms in total. The number of furan rings is 1. The van der Waals surface area contributed by atoms with E-state index in [-0.39, 0.29) is 5.92 Å². The van der Waals surface area contributed by atoms with Crippen molar-refractivity contribution in [1.82, 2.24) is 4.98 Å². The van der Waals surface area contributed by atoms with Gasteiger partial charge in [-0.3, -0.25) is 0 Å². The lowest BCUT2D eigenvalue weighted by Crippen LogP contribution is -2.04. The molecule has 10 aromatic rings. The zero-order chi connectivity index (χ0) is 32.3. The van der Waals surface area contributed by atoms with Gasteiger partial charge < -0.3 is 8.83 Å². The van der Waals surface area contributed by atoms with Gasteiger partial charge in [0.1, 0.15) is 16.7 Å². The van der Waals surface area contributed by atoms with E-state index in [1.165, 1.54) is 22.3 Å². The Balaban J connectivity index is 1.24. The van der Waals surface area contributed by atoms with Crippen LogP contribution in [0.25, 0.3) is 77.2 Å². The fourth-order valence-electron chi connectivity index (χ4n) is 7.50. The van der Waals surface area contributed by atoms with Crippen LogP contribution in [0, 0.1) is 0 Å². The highest BCUT2D eigenvalue weighted by Crippen LogP contribution is 2.43. The van der Waals surface area contributed by atoms with Gasteiger partial charge in [-0.2, -0.15) is 0 Å². The molecule has 8 aromatic carbocycles. The Labute approximate surface area is 282 Å². The van der Waals surface area contributed by atoms with E-state index >= 15 is 0 Å². The fraction of sp³-hybridized carbons (Fsp3) is 0.0217. The highest BCUT2D eigenvalue weighted by atomic mass is 16.3. The second kappa shape index (κ2) is 11.1. The summed E-state index contributed by atoms with van der Waals surface area (Å²) < 4.78 is 13.2. The molecule has 0 saturated carbocycles. The molecule has 230 valence electrons. The molecule has 2 heterocycles. The Morgan fingerprint density at radius 2 is 1.10 bits per heavy atom. The molecule has 3 heteroatoms. The van der Waals surface area contributed by atoms with Gasteiger partial charge in [-0.1, -0.05) is 140 Å². The van der Waals surface area contributed by atoms with Crippen molar-refractivity contribution in [2.75, 3.05) is 0 Å². The Hall–Kier alpha value is -6.45. The topological polar surface area (TPSA) is 39.2 Å². The molecule has 0 aliphatic heterocycles. The first-order valence-corrected chi connectivity index (χ1v) is 16.7. The first kappa shape index (κ1) is 27.6. The summed E-state index contributed by atoms with van der Waals surface area (Å²) in [7, 11) is 0. The number of oxazole rings is 1. The third-order valence-corrected chi connectivity index (χ3v) is 9.81. The molecule has 0 radical (unpaired) electrons. The number of aromatic nitrogens is 1. The van der Waals surface area contributed by atoms with Gasteiger partial charge in [-0.05, 0) is 68.7 Å². The molecule has 0 N–H and O–H groups in total. The van der Waals surface area contributed by atoms with E-state index in [4.69, 9.17) is 13.8 Å². The first-order valence-electron chi connectivity index (χ1n) is 16.7. The third-order valence-electron chi connectivity index (χ3n) is 9.81. The highest BCUT2D eigenvalue weighted by molar-refractivity contribution is 6.18. The van der Waals surface area contributed by atoms with Crippen LogP contribution in [-0.4, -0.2) is 4.98 Å². The van der Waals surface area contributed by atoms with Crippen LogP contribution < -0.4 is 0 Å². The van der Waals surface area contributed by atoms with E-state index in [0.717, 1.165) is 65.7 Å². The minimum Gasteiger partial charge on any atom is -0.456 e. The molecule has 2 aromatic heterocycles. The maximum atomic E-state index is 6.66. The van der Waals surface area contributed by atoms with Gasteiger partial charge in [-0.15, -0.1) is 0 Å². The van der Waals surface area contributed by atoms with Gasteiger partial charge in [0.05, 0.1) is 0 Å². The van der Waals surface area contributed by atoms with Gasteiger partial charge in [0.15, 0.2) is 5.58 Å². The summed E-state index contributed by atoms with van der Waals surface area (Å²) >= 11 is 0. The number of rotatable bonds is 5. The summed E-state index contributed by atoms with van der Waals surface area (Å²) in [6.07, 6.45) is 0. The van der Waals surface area contributed by atoms with Gasteiger partial charge in [-0.25, -0.2) is 4.98 Å². The van der Waals surface area contributed by atoms with Crippen molar-refractivity contribution in [2.45, 2.75) is 5.92 Å². The van der Waals surface area contributed by atoms with Crippen molar-refractivity contribution in [3.63, 3.8) is 0 Å². The van der Waals surface area contributed by atoms with Crippen LogP contribution >= 0.6 is 0 Å². The molecule has 0 fully saturated rings. The van der Waals surface area contributed by atoms with Crippen molar-refractivity contribution in [2.24, 2.45) is 0 Å². The number of para-hydroxylation sites is 2. The zero-order valence-electron chi connectivity index (χ0n) is 26.5. The Morgan fingerprint density at radius 1 is 0.429 bits per heavy atom. The summed E-state index contributed by atoms with van der Waals surface area (Å²) in [6, 6.07) is 59.9. The van der Waals surface area contributed by atoms with Gasteiger partial charge in [0, 0.05) is 33.2 Å². The lowest BCUT2D eigenvalue weighted by molar-refractivity contribution is 0.623. The Kier molecular flexibility index (Phi) is 6.25. The largest absolute Gasteiger partial charge is 0.456 e. The summed E-state index contributed by atoms with van der Waals surface area (Å²) in [5.74, 6) is 0.532. The SMILES string of the molecule is c1ccc(-c2cccc(C(c3ccc4ccc5ccc6nc(-c7ccccc7)oc6c5c4c3)c3cccc4c3oc3ccccc34)c2)cc1. The third kappa shape index (κ3) is 4.55. The number of hydrogen-bond donors (Lipinski definition) is 0. The molecule has 0 saturated heterocycles. The molecule has 1 atom stereocenters. The van der Waals surface area contributed by atoms with Gasteiger partial charge in [0.2, 0.25) is 5.89 Å². The first-order chi connectivity index (χ1) is 24.3. The van der Waals surface area contributed by atoms with Crippen molar-refractivity contribution >= 4 is 54.6 Å². The standard InChI is InChI=1S/C46H29NO2/c1-3-11-29(12-4-1)33-15-9-16-34(27-33)42(38-19-10-18-37-36-17-7-8-20-41(36)48-44(37)38)35-24-22-30-21-23-31-25-26-40-45(43(31)39(30)28-35)49-46(47-40)32-13-5-2-6-14-32/h1-28,42H. The van der Waals surface area contributed by atoms with Gasteiger partial charge in [0.25, 0.3) is 0 Å². The minimum atomic E-state index is -0.0959. The lowest BCUT2D eigenvalue weighted by Gasteiger charge is -2.21. The van der Waals surface area contributed by atoms with Crippen molar-refractivity contribution < 1.29 is 8.83 Å². The lowest BCUT2D eigenvalue weighted by atomic mass is 9.82. The maximum absolute atomic E-state index is 6.66. The maximum Gasteiger partial charge on any atom is 0.227 e. The van der Waals surface area contributed by atoms with Crippen LogP contribution in [0.3, 0.4) is 0 Å². The second-order valence-electron chi connectivity index (χ2n) is 12.7. The predicted molar refractivity (Wildman–Crippen MR) is 201 cm³/mol. The van der Waals surface area contributed by atoms with E-state index in [2.05, 4.69) is 133 Å². The van der Waals surface area contributed by atoms with Crippen LogP contribution in [0.1, 0.15) is 22.6 Å². The Morgan fingerprint density at radius 3 is 1.98 bits per heavy atom. The van der Waals surface area contributed by atoms with Crippen LogP contribution in [0.15, 0.2) is 179 Å². The smallest absolute Gasteiger partial charge is 0.227 e. The summed E-state index contributed by atoms with van der Waals surface area (Å²) in [4.78, 5) is 4.91. The summed E-state index contributed by atoms with van der Waals surface area (Å²) in [6.45, 7) is 0. The molecule has 0 spiro atoms. The van der Waals surface area contributed by atoms with Crippen molar-refractivity contribution in [3.8, 4) is 22.6 Å². The van der Waals surface area contributed by atoms with Crippen molar-refractivity contribution in [3.05, 3.63) is 187 Å². The molecule has 0 amide bonds. The molecule has 0 aliphatic rings. The normalized spacial score (nSPS) is 12.4. The van der Waals surface area contributed by atoms with Crippen LogP contribution in [0.5, 0.6) is 0 Å². The molecular formula is C46H29NO2. The summed E-state index contributed by atoms with van der Waals surface area (Å²) in [5.41, 5.74) is 10.3. The van der Waals surface area contributed by atoms with E-state index in [1.54, 1.807) is 0 Å².